The first kappa shape index (κ1) is 22.5. The van der Waals surface area contributed by atoms with Crippen LogP contribution < -0.4 is 0 Å². The molecule has 0 aliphatic heterocycles. The van der Waals surface area contributed by atoms with Crippen LogP contribution in [0.25, 0.3) is 0 Å². The maximum Gasteiger partial charge on any atom is 0.304 e. The third-order valence-electron chi connectivity index (χ3n) is 3.90. The molecule has 2 N–H and O–H groups in total. The predicted octanol–water partition coefficient (Wildman–Crippen LogP) is 5.42. The van der Waals surface area contributed by atoms with E-state index in [9.17, 15) is 9.90 Å². The van der Waals surface area contributed by atoms with Gasteiger partial charge in [-0.2, -0.15) is 11.8 Å². The molecule has 0 aliphatic carbocycles. The topological polar surface area (TPSA) is 57.5 Å². The zero-order chi connectivity index (χ0) is 17.2. The van der Waals surface area contributed by atoms with E-state index in [4.69, 9.17) is 5.11 Å². The van der Waals surface area contributed by atoms with E-state index in [1.807, 2.05) is 6.08 Å². The predicted molar refractivity (Wildman–Crippen MR) is 101 cm³/mol. The van der Waals surface area contributed by atoms with Crippen molar-refractivity contribution in [3.05, 3.63) is 12.2 Å². The third kappa shape index (κ3) is 17.7. The fourth-order valence-corrected chi connectivity index (χ4v) is 3.39. The summed E-state index contributed by atoms with van der Waals surface area (Å²) in [5.41, 5.74) is 0. The van der Waals surface area contributed by atoms with Crippen LogP contribution in [0.3, 0.4) is 0 Å². The second-order valence-electron chi connectivity index (χ2n) is 6.13. The van der Waals surface area contributed by atoms with Crippen LogP contribution in [-0.4, -0.2) is 33.8 Å². The number of carboxylic acids is 1. The van der Waals surface area contributed by atoms with Crippen molar-refractivity contribution < 1.29 is 15.0 Å². The lowest BCUT2D eigenvalue weighted by atomic mass is 10.1. The van der Waals surface area contributed by atoms with Crippen LogP contribution in [-0.2, 0) is 4.79 Å². The fourth-order valence-electron chi connectivity index (χ4n) is 2.46. The van der Waals surface area contributed by atoms with E-state index >= 15 is 0 Å². The summed E-state index contributed by atoms with van der Waals surface area (Å²) >= 11 is 1.52. The normalized spacial score (nSPS) is 12.8. The molecule has 1 atom stereocenters. The van der Waals surface area contributed by atoms with Gasteiger partial charge in [-0.15, -0.1) is 0 Å². The molecular formula is C19H36O3S. The van der Waals surface area contributed by atoms with Crippen molar-refractivity contribution >= 4 is 17.7 Å². The van der Waals surface area contributed by atoms with Crippen LogP contribution in [0.5, 0.6) is 0 Å². The zero-order valence-corrected chi connectivity index (χ0v) is 15.7. The number of allylic oxidation sites excluding steroid dienone is 1. The molecule has 0 fully saturated rings. The van der Waals surface area contributed by atoms with Gasteiger partial charge in [-0.05, 0) is 12.8 Å². The van der Waals surface area contributed by atoms with Gasteiger partial charge in [0.25, 0.3) is 0 Å². The van der Waals surface area contributed by atoms with Gasteiger partial charge in [0.2, 0.25) is 0 Å². The molecule has 0 rings (SSSR count). The maximum atomic E-state index is 10.4. The molecule has 4 heteroatoms. The number of rotatable bonds is 17. The van der Waals surface area contributed by atoms with Crippen LogP contribution in [0, 0.1) is 0 Å². The number of thioether (sulfide) groups is 1. The van der Waals surface area contributed by atoms with Gasteiger partial charge in [-0.1, -0.05) is 76.9 Å². The summed E-state index contributed by atoms with van der Waals surface area (Å²) in [6.45, 7) is 2.34. The number of carboxylic acid groups (broad SMARTS) is 1. The largest absolute Gasteiger partial charge is 0.481 e. The molecule has 0 amide bonds. The Balaban J connectivity index is 3.38. The van der Waals surface area contributed by atoms with Crippen molar-refractivity contribution in [1.29, 1.82) is 0 Å². The molecule has 0 aromatic heterocycles. The maximum absolute atomic E-state index is 10.4. The van der Waals surface area contributed by atoms with Crippen LogP contribution >= 0.6 is 11.8 Å². The summed E-state index contributed by atoms with van der Waals surface area (Å²) in [5.74, 6) is -0.216. The first-order valence-corrected chi connectivity index (χ1v) is 10.4. The van der Waals surface area contributed by atoms with Crippen molar-refractivity contribution in [1.82, 2.24) is 0 Å². The van der Waals surface area contributed by atoms with E-state index in [-0.39, 0.29) is 18.3 Å². The quantitative estimate of drug-likeness (QED) is 0.273. The van der Waals surface area contributed by atoms with Crippen LogP contribution in [0.2, 0.25) is 0 Å². The van der Waals surface area contributed by atoms with Crippen molar-refractivity contribution in [2.24, 2.45) is 0 Å². The molecule has 0 saturated carbocycles. The number of aliphatic hydroxyl groups is 1. The molecule has 136 valence electrons. The Morgan fingerprint density at radius 3 is 2.09 bits per heavy atom. The number of aliphatic hydroxyl groups excluding tert-OH is 1. The average Bonchev–Trinajstić information content (AvgIpc) is 2.53. The SMILES string of the molecule is CCCCCCCCCCCCC=CC(CO)SCCC(=O)O. The highest BCUT2D eigenvalue weighted by Gasteiger charge is 2.04. The van der Waals surface area contributed by atoms with E-state index in [2.05, 4.69) is 13.0 Å². The molecule has 0 bridgehead atoms. The number of hydrogen-bond donors (Lipinski definition) is 2. The standard InChI is InChI=1S/C19H36O3S/c1-2-3-4-5-6-7-8-9-10-11-12-13-14-18(17-20)23-16-15-19(21)22/h13-14,18,20H,2-12,15-17H2,1H3,(H,21,22). The van der Waals surface area contributed by atoms with Crippen molar-refractivity contribution in [3.8, 4) is 0 Å². The monoisotopic (exact) mass is 344 g/mol. The highest BCUT2D eigenvalue weighted by molar-refractivity contribution is 8.00. The smallest absolute Gasteiger partial charge is 0.304 e. The van der Waals surface area contributed by atoms with Gasteiger partial charge in [-0.3, -0.25) is 4.79 Å². The first-order chi connectivity index (χ1) is 11.2. The zero-order valence-electron chi connectivity index (χ0n) is 14.8. The summed E-state index contributed by atoms with van der Waals surface area (Å²) in [5, 5.41) is 17.9. The summed E-state index contributed by atoms with van der Waals surface area (Å²) in [6, 6.07) is 0. The van der Waals surface area contributed by atoms with E-state index in [0.29, 0.717) is 5.75 Å². The molecule has 3 nitrogen and oxygen atoms in total. The van der Waals surface area contributed by atoms with Gasteiger partial charge >= 0.3 is 5.97 Å². The van der Waals surface area contributed by atoms with E-state index < -0.39 is 5.97 Å². The Morgan fingerprint density at radius 1 is 1.00 bits per heavy atom. The molecule has 1 unspecified atom stereocenters. The Morgan fingerprint density at radius 2 is 1.57 bits per heavy atom. The molecule has 0 spiro atoms. The summed E-state index contributed by atoms with van der Waals surface area (Å²) in [7, 11) is 0. The summed E-state index contributed by atoms with van der Waals surface area (Å²) in [6.07, 6.45) is 18.9. The van der Waals surface area contributed by atoms with E-state index in [1.54, 1.807) is 0 Å². The lowest BCUT2D eigenvalue weighted by Crippen LogP contribution is -2.07. The number of hydrogen-bond acceptors (Lipinski definition) is 3. The Labute approximate surface area is 146 Å². The van der Waals surface area contributed by atoms with Gasteiger partial charge in [0.15, 0.2) is 0 Å². The van der Waals surface area contributed by atoms with Gasteiger partial charge in [0.1, 0.15) is 0 Å². The number of carbonyl (C=O) groups is 1. The third-order valence-corrected chi connectivity index (χ3v) is 5.08. The Bertz CT molecular complexity index is 292. The van der Waals surface area contributed by atoms with Crippen molar-refractivity contribution in [2.75, 3.05) is 12.4 Å². The molecule has 0 aromatic rings. The lowest BCUT2D eigenvalue weighted by molar-refractivity contribution is -0.136. The Hall–Kier alpha value is -0.480. The van der Waals surface area contributed by atoms with E-state index in [1.165, 1.54) is 76.0 Å². The van der Waals surface area contributed by atoms with Gasteiger partial charge in [0.05, 0.1) is 13.0 Å². The average molecular weight is 345 g/mol. The molecular weight excluding hydrogens is 308 g/mol. The second-order valence-corrected chi connectivity index (χ2v) is 7.48. The van der Waals surface area contributed by atoms with Crippen LogP contribution in [0.15, 0.2) is 12.2 Å². The summed E-state index contributed by atoms with van der Waals surface area (Å²) < 4.78 is 0. The fraction of sp³-hybridized carbons (Fsp3) is 0.842. The molecule has 0 heterocycles. The number of unbranched alkanes of at least 4 members (excludes halogenated alkanes) is 10. The van der Waals surface area contributed by atoms with Gasteiger partial charge in [-0.25, -0.2) is 0 Å². The minimum atomic E-state index is -0.775. The van der Waals surface area contributed by atoms with E-state index in [0.717, 1.165) is 6.42 Å². The second kappa shape index (κ2) is 17.9. The first-order valence-electron chi connectivity index (χ1n) is 9.31. The molecule has 0 radical (unpaired) electrons. The van der Waals surface area contributed by atoms with Crippen molar-refractivity contribution in [3.63, 3.8) is 0 Å². The Kier molecular flexibility index (Phi) is 17.5. The minimum absolute atomic E-state index is 0.0393. The minimum Gasteiger partial charge on any atom is -0.481 e. The summed E-state index contributed by atoms with van der Waals surface area (Å²) in [4.78, 5) is 10.4. The molecule has 23 heavy (non-hydrogen) atoms. The van der Waals surface area contributed by atoms with Crippen LogP contribution in [0.4, 0.5) is 0 Å². The molecule has 0 aliphatic rings. The number of aliphatic carboxylic acids is 1. The molecule has 0 aromatic carbocycles. The van der Waals surface area contributed by atoms with Gasteiger partial charge in [0, 0.05) is 11.0 Å². The molecule has 0 saturated heterocycles. The van der Waals surface area contributed by atoms with Crippen LogP contribution in [0.1, 0.15) is 84.0 Å². The van der Waals surface area contributed by atoms with Crippen molar-refractivity contribution in [2.45, 2.75) is 89.2 Å². The lowest BCUT2D eigenvalue weighted by Gasteiger charge is -2.07. The highest BCUT2D eigenvalue weighted by atomic mass is 32.2. The van der Waals surface area contributed by atoms with Gasteiger partial charge < -0.3 is 10.2 Å². The highest BCUT2D eigenvalue weighted by Crippen LogP contribution is 2.15.